The quantitative estimate of drug-likeness (QED) is 0.672. The van der Waals surface area contributed by atoms with Crippen LogP contribution in [0.4, 0.5) is 5.82 Å². The van der Waals surface area contributed by atoms with Gasteiger partial charge in [0.25, 0.3) is 0 Å². The van der Waals surface area contributed by atoms with E-state index in [0.717, 1.165) is 53.1 Å². The van der Waals surface area contributed by atoms with Crippen molar-refractivity contribution in [1.82, 2.24) is 24.9 Å². The summed E-state index contributed by atoms with van der Waals surface area (Å²) in [6.45, 7) is 6.81. The summed E-state index contributed by atoms with van der Waals surface area (Å²) in [4.78, 5) is 9.01. The molecule has 0 spiro atoms. The summed E-state index contributed by atoms with van der Waals surface area (Å²) in [5, 5.41) is 11.3. The first-order valence-corrected chi connectivity index (χ1v) is 9.98. The fourth-order valence-electron chi connectivity index (χ4n) is 3.10. The van der Waals surface area contributed by atoms with Crippen molar-refractivity contribution in [3.05, 3.63) is 52.5 Å². The van der Waals surface area contributed by atoms with Crippen LogP contribution in [0.25, 0.3) is 5.65 Å². The molecule has 1 saturated heterocycles. The Kier molecular flexibility index (Phi) is 6.57. The van der Waals surface area contributed by atoms with Crippen LogP contribution in [0.15, 0.2) is 41.3 Å². The number of rotatable bonds is 4. The van der Waals surface area contributed by atoms with Crippen LogP contribution in [0.5, 0.6) is 0 Å². The average Bonchev–Trinajstić information content (AvgIpc) is 3.10. The van der Waals surface area contributed by atoms with E-state index < -0.39 is 0 Å². The van der Waals surface area contributed by atoms with Crippen molar-refractivity contribution in [2.75, 3.05) is 18.4 Å². The van der Waals surface area contributed by atoms with Gasteiger partial charge < -0.3 is 10.6 Å². The highest BCUT2D eigenvalue weighted by atomic mass is 79.9. The summed E-state index contributed by atoms with van der Waals surface area (Å²) in [5.74, 6) is 1.46. The number of piperidine rings is 1. The normalized spacial score (nSPS) is 14.7. The minimum Gasteiger partial charge on any atom is -0.366 e. The van der Waals surface area contributed by atoms with Crippen LogP contribution in [0, 0.1) is 0 Å². The van der Waals surface area contributed by atoms with Gasteiger partial charge in [-0.25, -0.2) is 4.98 Å². The van der Waals surface area contributed by atoms with Gasteiger partial charge in [0.2, 0.25) is 0 Å². The van der Waals surface area contributed by atoms with Gasteiger partial charge in [0.15, 0.2) is 5.65 Å². The molecule has 1 aliphatic rings. The van der Waals surface area contributed by atoms with E-state index in [1.165, 1.54) is 0 Å². The molecule has 0 unspecified atom stereocenters. The molecule has 3 aromatic rings. The standard InChI is InChI=1S/C17H19BrN6.C2H6/c18-14-11-22-24-16(21-10-12-2-1-5-20-9-12)8-15(23-17(14)24)13-3-6-19-7-4-13;1-2/h1-2,5,8-9,11,13,19,21H,3-4,6-7,10H2;1-2H3. The summed E-state index contributed by atoms with van der Waals surface area (Å²) < 4.78 is 2.77. The number of aromatic nitrogens is 4. The van der Waals surface area contributed by atoms with Crippen molar-refractivity contribution in [1.29, 1.82) is 0 Å². The Morgan fingerprint density at radius 1 is 1.27 bits per heavy atom. The molecule has 4 heterocycles. The molecule has 1 aliphatic heterocycles. The predicted octanol–water partition coefficient (Wildman–Crippen LogP) is 3.99. The highest BCUT2D eigenvalue weighted by Crippen LogP contribution is 2.28. The van der Waals surface area contributed by atoms with Crippen LogP contribution in [-0.2, 0) is 6.54 Å². The Balaban J connectivity index is 0.000000948. The Labute approximate surface area is 162 Å². The van der Waals surface area contributed by atoms with Gasteiger partial charge in [0, 0.05) is 36.6 Å². The molecule has 7 heteroatoms. The summed E-state index contributed by atoms with van der Waals surface area (Å²) in [6.07, 6.45) is 7.70. The van der Waals surface area contributed by atoms with Crippen molar-refractivity contribution >= 4 is 27.4 Å². The van der Waals surface area contributed by atoms with Crippen LogP contribution in [0.3, 0.4) is 0 Å². The van der Waals surface area contributed by atoms with E-state index in [1.54, 1.807) is 12.4 Å². The topological polar surface area (TPSA) is 67.1 Å². The maximum atomic E-state index is 4.85. The second-order valence-electron chi connectivity index (χ2n) is 6.03. The average molecular weight is 417 g/mol. The molecular weight excluding hydrogens is 392 g/mol. The van der Waals surface area contributed by atoms with Gasteiger partial charge in [0.05, 0.1) is 10.7 Å². The van der Waals surface area contributed by atoms with Crippen LogP contribution >= 0.6 is 15.9 Å². The van der Waals surface area contributed by atoms with E-state index >= 15 is 0 Å². The van der Waals surface area contributed by atoms with E-state index in [9.17, 15) is 0 Å². The van der Waals surface area contributed by atoms with Crippen LogP contribution in [-0.4, -0.2) is 32.7 Å². The van der Waals surface area contributed by atoms with Crippen LogP contribution in [0.2, 0.25) is 0 Å². The summed E-state index contributed by atoms with van der Waals surface area (Å²) >= 11 is 3.56. The van der Waals surface area contributed by atoms with Gasteiger partial charge in [-0.05, 0) is 53.5 Å². The zero-order chi connectivity index (χ0) is 18.4. The first-order valence-electron chi connectivity index (χ1n) is 9.19. The van der Waals surface area contributed by atoms with Crippen molar-refractivity contribution in [2.45, 2.75) is 39.2 Å². The molecule has 1 fully saturated rings. The van der Waals surface area contributed by atoms with Crippen molar-refractivity contribution in [3.63, 3.8) is 0 Å². The molecule has 0 saturated carbocycles. The summed E-state index contributed by atoms with van der Waals surface area (Å²) in [5.41, 5.74) is 3.13. The van der Waals surface area contributed by atoms with Crippen LogP contribution < -0.4 is 10.6 Å². The van der Waals surface area contributed by atoms with E-state index in [-0.39, 0.29) is 0 Å². The molecule has 0 atom stereocenters. The van der Waals surface area contributed by atoms with E-state index in [0.29, 0.717) is 12.5 Å². The fourth-order valence-corrected chi connectivity index (χ4v) is 3.45. The third kappa shape index (κ3) is 4.22. The number of anilines is 1. The molecule has 0 radical (unpaired) electrons. The fraction of sp³-hybridized carbons (Fsp3) is 0.421. The Bertz CT molecular complexity index is 827. The summed E-state index contributed by atoms with van der Waals surface area (Å²) in [7, 11) is 0. The molecule has 0 aromatic carbocycles. The number of nitrogens with one attached hydrogen (secondary N) is 2. The molecule has 0 amide bonds. The molecule has 138 valence electrons. The monoisotopic (exact) mass is 416 g/mol. The van der Waals surface area contributed by atoms with Crippen LogP contribution in [0.1, 0.15) is 43.9 Å². The molecule has 4 rings (SSSR count). The predicted molar refractivity (Wildman–Crippen MR) is 108 cm³/mol. The number of pyridine rings is 1. The highest BCUT2D eigenvalue weighted by Gasteiger charge is 2.19. The number of hydrogen-bond acceptors (Lipinski definition) is 5. The molecule has 2 N–H and O–H groups in total. The van der Waals surface area contributed by atoms with Gasteiger partial charge in [0.1, 0.15) is 5.82 Å². The Morgan fingerprint density at radius 3 is 2.81 bits per heavy atom. The molecule has 26 heavy (non-hydrogen) atoms. The summed E-state index contributed by atoms with van der Waals surface area (Å²) in [6, 6.07) is 6.15. The third-order valence-electron chi connectivity index (χ3n) is 4.40. The van der Waals surface area contributed by atoms with E-state index in [2.05, 4.69) is 48.8 Å². The maximum absolute atomic E-state index is 4.85. The number of fused-ring (bicyclic) bond motifs is 1. The maximum Gasteiger partial charge on any atom is 0.171 e. The second kappa shape index (κ2) is 9.09. The minimum absolute atomic E-state index is 0.497. The molecule has 0 aliphatic carbocycles. The largest absolute Gasteiger partial charge is 0.366 e. The van der Waals surface area contributed by atoms with Gasteiger partial charge in [-0.3, -0.25) is 4.98 Å². The molecule has 0 bridgehead atoms. The number of nitrogens with zero attached hydrogens (tertiary/aromatic N) is 4. The smallest absolute Gasteiger partial charge is 0.171 e. The zero-order valence-corrected chi connectivity index (χ0v) is 16.8. The molecular formula is C19H25BrN6. The van der Waals surface area contributed by atoms with Crippen molar-refractivity contribution in [2.24, 2.45) is 0 Å². The number of halogens is 1. The van der Waals surface area contributed by atoms with Gasteiger partial charge >= 0.3 is 0 Å². The lowest BCUT2D eigenvalue weighted by Crippen LogP contribution is -2.27. The third-order valence-corrected chi connectivity index (χ3v) is 4.96. The zero-order valence-electron chi connectivity index (χ0n) is 15.2. The van der Waals surface area contributed by atoms with Gasteiger partial charge in [-0.1, -0.05) is 19.9 Å². The Morgan fingerprint density at radius 2 is 2.08 bits per heavy atom. The van der Waals surface area contributed by atoms with E-state index in [4.69, 9.17) is 4.98 Å². The highest BCUT2D eigenvalue weighted by molar-refractivity contribution is 9.10. The van der Waals surface area contributed by atoms with Crippen molar-refractivity contribution < 1.29 is 0 Å². The first kappa shape index (κ1) is 18.8. The lowest BCUT2D eigenvalue weighted by Gasteiger charge is -2.23. The Hall–Kier alpha value is -1.99. The molecule has 3 aromatic heterocycles. The minimum atomic E-state index is 0.497. The van der Waals surface area contributed by atoms with Gasteiger partial charge in [-0.15, -0.1) is 0 Å². The number of hydrogen-bond donors (Lipinski definition) is 2. The SMILES string of the molecule is Brc1cnn2c(NCc3cccnc3)cc(C3CCNCC3)nc12.CC. The molecule has 6 nitrogen and oxygen atoms in total. The lowest BCUT2D eigenvalue weighted by atomic mass is 9.94. The van der Waals surface area contributed by atoms with Crippen molar-refractivity contribution in [3.8, 4) is 0 Å². The van der Waals surface area contributed by atoms with Gasteiger partial charge in [-0.2, -0.15) is 9.61 Å². The second-order valence-corrected chi connectivity index (χ2v) is 6.89. The van der Waals surface area contributed by atoms with E-state index in [1.807, 2.05) is 30.6 Å². The first-order chi connectivity index (χ1) is 12.8. The lowest BCUT2D eigenvalue weighted by molar-refractivity contribution is 0.453.